The molecule has 0 amide bonds. The number of piperidine rings is 1. The van der Waals surface area contributed by atoms with Gasteiger partial charge in [0.15, 0.2) is 0 Å². The van der Waals surface area contributed by atoms with Gasteiger partial charge >= 0.3 is 0 Å². The quantitative estimate of drug-likeness (QED) is 0.388. The molecule has 9 heteroatoms. The van der Waals surface area contributed by atoms with Crippen LogP contribution in [0.1, 0.15) is 25.3 Å². The Morgan fingerprint density at radius 3 is 3.10 bits per heavy atom. The monoisotopic (exact) mass is 471 g/mol. The van der Waals surface area contributed by atoms with Crippen LogP contribution in [0, 0.1) is 5.92 Å². The Kier molecular flexibility index (Phi) is 9.65. The second kappa shape index (κ2) is 12.0. The molecule has 2 heterocycles. The van der Waals surface area contributed by atoms with E-state index >= 15 is 0 Å². The Bertz CT molecular complexity index is 695. The average Bonchev–Trinajstić information content (AvgIpc) is 3.04. The Balaban J connectivity index is 1.34. The number of rotatable bonds is 10. The van der Waals surface area contributed by atoms with Crippen molar-refractivity contribution in [3.05, 3.63) is 47.1 Å². The fraction of sp³-hybridized carbons (Fsp3) is 0.619. The highest BCUT2D eigenvalue weighted by Gasteiger charge is 2.30. The smallest absolute Gasteiger partial charge is 0.125 e. The van der Waals surface area contributed by atoms with Gasteiger partial charge in [-0.05, 0) is 49.9 Å². The van der Waals surface area contributed by atoms with Crippen molar-refractivity contribution < 1.29 is 5.11 Å². The van der Waals surface area contributed by atoms with Gasteiger partial charge in [0.25, 0.3) is 0 Å². The molecule has 0 aliphatic carbocycles. The van der Waals surface area contributed by atoms with E-state index in [1.807, 2.05) is 36.0 Å². The van der Waals surface area contributed by atoms with Gasteiger partial charge in [-0.15, -0.1) is 11.8 Å². The van der Waals surface area contributed by atoms with Gasteiger partial charge in [0.05, 0.1) is 0 Å². The number of nitrogens with one attached hydrogen (secondary N) is 3. The zero-order valence-corrected chi connectivity index (χ0v) is 20.2. The van der Waals surface area contributed by atoms with Crippen molar-refractivity contribution in [2.24, 2.45) is 5.92 Å². The van der Waals surface area contributed by atoms with Gasteiger partial charge in [-0.25, -0.2) is 10.4 Å². The number of hydrazine groups is 1. The van der Waals surface area contributed by atoms with Crippen LogP contribution in [-0.4, -0.2) is 63.9 Å². The molecule has 1 aromatic rings. The van der Waals surface area contributed by atoms with Crippen LogP contribution in [-0.2, 0) is 6.54 Å². The maximum Gasteiger partial charge on any atom is 0.125 e. The molecule has 2 aliphatic rings. The van der Waals surface area contributed by atoms with Crippen LogP contribution in [0.15, 0.2) is 36.5 Å². The summed E-state index contributed by atoms with van der Waals surface area (Å²) in [6, 6.07) is 8.18. The lowest BCUT2D eigenvalue weighted by molar-refractivity contribution is 0.110. The minimum atomic E-state index is -0.527. The zero-order chi connectivity index (χ0) is 21.5. The standard InChI is InChI=1S/C21H34ClN5OS2/c1-15(14-29-21-25-26(3)20(30-21)24-16(2)28)23-11-18-7-5-9-27(13-18)12-17-6-4-8-19(22)10-17/h4,6,8,10,16,18,20-21,23-25,28H,1,5,7,9,11-14H2,2-3H3. The maximum absolute atomic E-state index is 9.52. The summed E-state index contributed by atoms with van der Waals surface area (Å²) < 4.78 is 0.243. The number of likely N-dealkylation sites (tertiary alicyclic amines) is 1. The Hall–Kier alpha value is -0.450. The van der Waals surface area contributed by atoms with E-state index in [0.717, 1.165) is 42.7 Å². The number of aliphatic hydroxyl groups excluding tert-OH is 1. The molecule has 0 aromatic heterocycles. The predicted molar refractivity (Wildman–Crippen MR) is 130 cm³/mol. The summed E-state index contributed by atoms with van der Waals surface area (Å²) in [5.41, 5.74) is 5.83. The summed E-state index contributed by atoms with van der Waals surface area (Å²) in [5.74, 6) is 1.50. The third-order valence-corrected chi connectivity index (χ3v) is 8.21. The summed E-state index contributed by atoms with van der Waals surface area (Å²) in [6.07, 6.45) is 1.97. The number of nitrogens with zero attached hydrogens (tertiary/aromatic N) is 2. The van der Waals surface area contributed by atoms with Crippen LogP contribution in [0.4, 0.5) is 0 Å². The molecule has 2 fully saturated rings. The zero-order valence-electron chi connectivity index (χ0n) is 17.8. The van der Waals surface area contributed by atoms with Crippen LogP contribution in [0.25, 0.3) is 0 Å². The summed E-state index contributed by atoms with van der Waals surface area (Å²) in [7, 11) is 1.99. The van der Waals surface area contributed by atoms with Crippen molar-refractivity contribution in [1.82, 2.24) is 26.0 Å². The fourth-order valence-corrected chi connectivity index (χ4v) is 6.50. The maximum atomic E-state index is 9.52. The van der Waals surface area contributed by atoms with Crippen LogP contribution < -0.4 is 16.1 Å². The van der Waals surface area contributed by atoms with Crippen LogP contribution >= 0.6 is 35.1 Å². The number of hydrogen-bond acceptors (Lipinski definition) is 8. The van der Waals surface area contributed by atoms with Crippen molar-refractivity contribution in [1.29, 1.82) is 0 Å². The molecule has 1 aromatic carbocycles. The predicted octanol–water partition coefficient (Wildman–Crippen LogP) is 3.07. The summed E-state index contributed by atoms with van der Waals surface area (Å²) in [5, 5.41) is 19.0. The molecular weight excluding hydrogens is 438 g/mol. The third-order valence-electron chi connectivity index (χ3n) is 5.25. The molecule has 2 saturated heterocycles. The lowest BCUT2D eigenvalue weighted by atomic mass is 9.97. The van der Waals surface area contributed by atoms with E-state index in [2.05, 4.69) is 39.7 Å². The summed E-state index contributed by atoms with van der Waals surface area (Å²) in [6.45, 7) is 10.2. The number of halogens is 1. The van der Waals surface area contributed by atoms with Crippen molar-refractivity contribution in [3.63, 3.8) is 0 Å². The first-order chi connectivity index (χ1) is 14.4. The molecule has 4 atom stereocenters. The van der Waals surface area contributed by atoms with Gasteiger partial charge in [0.2, 0.25) is 0 Å². The molecule has 4 N–H and O–H groups in total. The normalized spacial score (nSPS) is 26.6. The Morgan fingerprint density at radius 1 is 1.50 bits per heavy atom. The van der Waals surface area contributed by atoms with Crippen LogP contribution in [0.2, 0.25) is 5.02 Å². The highest BCUT2D eigenvalue weighted by atomic mass is 35.5. The minimum Gasteiger partial charge on any atom is -0.388 e. The fourth-order valence-electron chi connectivity index (χ4n) is 3.78. The lowest BCUT2D eigenvalue weighted by Crippen LogP contribution is -2.45. The lowest BCUT2D eigenvalue weighted by Gasteiger charge is -2.33. The first-order valence-corrected chi connectivity index (χ1v) is 12.8. The SMILES string of the molecule is C=C(CSC1NN(C)C(NC(C)O)S1)NCC1CCCN(Cc2cccc(Cl)c2)C1. The van der Waals surface area contributed by atoms with E-state index in [9.17, 15) is 5.11 Å². The molecule has 168 valence electrons. The molecule has 30 heavy (non-hydrogen) atoms. The molecule has 6 nitrogen and oxygen atoms in total. The second-order valence-corrected chi connectivity index (χ2v) is 11.1. The topological polar surface area (TPSA) is 62.8 Å². The Morgan fingerprint density at radius 2 is 2.33 bits per heavy atom. The number of aliphatic hydroxyl groups is 1. The van der Waals surface area contributed by atoms with E-state index in [4.69, 9.17) is 11.6 Å². The molecule has 0 bridgehead atoms. The highest BCUT2D eigenvalue weighted by molar-refractivity contribution is 8.17. The van der Waals surface area contributed by atoms with Gasteiger partial charge in [-0.1, -0.05) is 42.1 Å². The molecule has 2 aliphatic heterocycles. The molecule has 0 spiro atoms. The van der Waals surface area contributed by atoms with Crippen molar-refractivity contribution >= 4 is 35.1 Å². The second-order valence-electron chi connectivity index (χ2n) is 8.07. The van der Waals surface area contributed by atoms with E-state index in [1.165, 1.54) is 18.4 Å². The summed E-state index contributed by atoms with van der Waals surface area (Å²) in [4.78, 5) is 2.53. The summed E-state index contributed by atoms with van der Waals surface area (Å²) >= 11 is 9.71. The molecule has 0 saturated carbocycles. The first kappa shape index (κ1) is 24.2. The van der Waals surface area contributed by atoms with Crippen molar-refractivity contribution in [2.45, 2.75) is 42.7 Å². The van der Waals surface area contributed by atoms with Crippen LogP contribution in [0.3, 0.4) is 0 Å². The van der Waals surface area contributed by atoms with Crippen molar-refractivity contribution in [2.75, 3.05) is 32.4 Å². The molecule has 3 rings (SSSR count). The van der Waals surface area contributed by atoms with Gasteiger partial charge in [-0.2, -0.15) is 0 Å². The van der Waals surface area contributed by atoms with Crippen molar-refractivity contribution in [3.8, 4) is 0 Å². The average molecular weight is 472 g/mol. The third kappa shape index (κ3) is 7.91. The number of hydrogen-bond donors (Lipinski definition) is 4. The van der Waals surface area contributed by atoms with Gasteiger partial charge in [0.1, 0.15) is 16.4 Å². The van der Waals surface area contributed by atoms with E-state index in [0.29, 0.717) is 5.92 Å². The first-order valence-electron chi connectivity index (χ1n) is 10.5. The van der Waals surface area contributed by atoms with Crippen LogP contribution in [0.5, 0.6) is 0 Å². The molecule has 4 unspecified atom stereocenters. The van der Waals surface area contributed by atoms with Gasteiger partial charge < -0.3 is 10.4 Å². The van der Waals surface area contributed by atoms with E-state index in [1.54, 1.807) is 18.7 Å². The Labute approximate surface area is 194 Å². The molecular formula is C21H34ClN5OS2. The largest absolute Gasteiger partial charge is 0.388 e. The number of thioether (sulfide) groups is 2. The van der Waals surface area contributed by atoms with Gasteiger partial charge in [-0.3, -0.25) is 10.2 Å². The van der Waals surface area contributed by atoms with Gasteiger partial charge in [0, 0.05) is 43.2 Å². The van der Waals surface area contributed by atoms with E-state index in [-0.39, 0.29) is 10.2 Å². The highest BCUT2D eigenvalue weighted by Crippen LogP contribution is 2.32. The molecule has 0 radical (unpaired) electrons. The number of benzene rings is 1. The van der Waals surface area contributed by atoms with E-state index < -0.39 is 6.23 Å². The minimum absolute atomic E-state index is 0.0662.